The highest BCUT2D eigenvalue weighted by Gasteiger charge is 2.46. The molecule has 13 amide bonds. The van der Waals surface area contributed by atoms with Gasteiger partial charge in [0.05, 0.1) is 44.3 Å². The second kappa shape index (κ2) is 43.7. The van der Waals surface area contributed by atoms with Crippen molar-refractivity contribution in [2.75, 3.05) is 26.2 Å². The van der Waals surface area contributed by atoms with Crippen LogP contribution < -0.4 is 64.2 Å². The van der Waals surface area contributed by atoms with Gasteiger partial charge in [-0.2, -0.15) is 0 Å². The topological polar surface area (TPSA) is 536 Å². The Bertz CT molecular complexity index is 3520. The monoisotopic (exact) mass is 1520 g/mol. The SMILES string of the molecule is CCCCCCCCCCCCCCC(=O)N[C@H](Cc1csc2ccccc12)C(=O)NC(CC(=O)O)C(=O)NC1C(=O)N2CCCCC2C(=O)NC(C(C)C(=O)O)C(=O)NC(CC(=O)O)C(=O)NCC(=O)NC(CC(=O)O)C(=O)NCC(=O)NC(C(C)N)C(=O)NC(C(C)C)C(=O)N2CCCC2C(=O)NC1C. The lowest BCUT2D eigenvalue weighted by Crippen LogP contribution is -2.66. The van der Waals surface area contributed by atoms with E-state index >= 15 is 9.59 Å². The first-order valence-electron chi connectivity index (χ1n) is 36.7. The van der Waals surface area contributed by atoms with Gasteiger partial charge >= 0.3 is 23.9 Å². The number of amides is 13. The third kappa shape index (κ3) is 27.8. The minimum absolute atomic E-state index is 0.0141. The van der Waals surface area contributed by atoms with Crippen LogP contribution in [0.15, 0.2) is 29.6 Å². The number of piperidine rings is 1. The number of carbonyl (C=O) groups excluding carboxylic acids is 13. The van der Waals surface area contributed by atoms with Gasteiger partial charge in [0.25, 0.3) is 0 Å². The number of benzene rings is 1. The molecule has 36 heteroatoms. The molecule has 3 fully saturated rings. The van der Waals surface area contributed by atoms with E-state index in [2.05, 4.69) is 54.8 Å². The van der Waals surface area contributed by atoms with Crippen LogP contribution in [0.5, 0.6) is 0 Å². The summed E-state index contributed by atoms with van der Waals surface area (Å²) < 4.78 is 0.860. The maximum atomic E-state index is 15.6. The highest BCUT2D eigenvalue weighted by atomic mass is 32.1. The number of carboxylic acid groups (broad SMARTS) is 4. The number of rotatable bonds is 30. The average Bonchev–Trinajstić information content (AvgIpc) is 1.81. The lowest BCUT2D eigenvalue weighted by Gasteiger charge is -2.39. The zero-order chi connectivity index (χ0) is 79.2. The molecule has 13 atom stereocenters. The summed E-state index contributed by atoms with van der Waals surface area (Å²) in [5.41, 5.74) is 6.80. The van der Waals surface area contributed by atoms with E-state index in [0.717, 1.165) is 65.3 Å². The smallest absolute Gasteiger partial charge is 0.308 e. The Kier molecular flexibility index (Phi) is 35.8. The minimum atomic E-state index is -2.19. The molecule has 12 unspecified atom stereocenters. The van der Waals surface area contributed by atoms with Crippen LogP contribution in [-0.2, 0) is 87.9 Å². The second-order valence-corrected chi connectivity index (χ2v) is 28.9. The van der Waals surface area contributed by atoms with E-state index in [1.807, 2.05) is 28.8 Å². The number of fused-ring (bicyclic) bond motifs is 3. The van der Waals surface area contributed by atoms with Crippen LogP contribution in [0.25, 0.3) is 10.1 Å². The van der Waals surface area contributed by atoms with Crippen molar-refractivity contribution in [1.82, 2.24) is 68.3 Å². The Hall–Kier alpha value is -9.87. The average molecular weight is 1520 g/mol. The summed E-state index contributed by atoms with van der Waals surface area (Å²) in [6.07, 6.45) is 9.32. The van der Waals surface area contributed by atoms with Crippen LogP contribution >= 0.6 is 11.3 Å². The van der Waals surface area contributed by atoms with Gasteiger partial charge in [0.2, 0.25) is 76.8 Å². The van der Waals surface area contributed by atoms with Crippen LogP contribution in [0.1, 0.15) is 182 Å². The molecular formula is C71H106N14O21S. The van der Waals surface area contributed by atoms with Gasteiger partial charge in [-0.25, -0.2) is 0 Å². The van der Waals surface area contributed by atoms with Gasteiger partial charge in [-0.3, -0.25) is 81.5 Å². The first kappa shape index (κ1) is 87.8. The number of carboxylic acids is 4. The standard InChI is InChI=1S/C71H106N14O21S/c1-7-8-9-10-11-12-13-14-15-16-17-18-28-51(86)76-44(31-42-37-107-50-27-20-19-24-43(42)50)63(97)78-47(34-56(93)94)64(98)83-60-41(6)75-65(99)49-26-23-30-85(49)69(103)57(38(2)3)81-68(102)59(40(5)72)80-53(88)36-74-61(95)45(32-54(89)90)77-52(87)35-73-62(96)46(33-55(91)92)79-67(101)58(39(4)71(105)106)82-66(100)48-25-21-22-29-84(48)70(60)104/h19-20,24,27,37-41,44-49,57-60H,7-18,21-23,25-26,28-36,72H2,1-6H3,(H,73,96)(H,74,95)(H,75,99)(H,76,86)(H,77,87)(H,78,97)(H,79,101)(H,80,88)(H,81,102)(H,82,100)(H,83,98)(H,89,90)(H,91,92)(H,93,94)(H,105,106)/t39?,40?,41?,44-,45?,46?,47?,48?,49?,57?,58?,59?,60?/m1/s1. The van der Waals surface area contributed by atoms with E-state index in [0.29, 0.717) is 12.0 Å². The highest BCUT2D eigenvalue weighted by Crippen LogP contribution is 2.28. The van der Waals surface area contributed by atoms with Gasteiger partial charge in [0.1, 0.15) is 60.4 Å². The molecule has 5 rings (SSSR count). The summed E-state index contributed by atoms with van der Waals surface area (Å²) in [6, 6.07) is -13.3. The Balaban J connectivity index is 1.54. The van der Waals surface area contributed by atoms with Crippen molar-refractivity contribution in [3.05, 3.63) is 35.2 Å². The predicted octanol–water partition coefficient (Wildman–Crippen LogP) is -0.316. The molecule has 1 aromatic carbocycles. The molecule has 3 saturated heterocycles. The Morgan fingerprint density at radius 2 is 1.08 bits per heavy atom. The van der Waals surface area contributed by atoms with E-state index in [9.17, 15) is 92.3 Å². The molecule has 2 aromatic rings. The number of nitrogens with zero attached hydrogens (tertiary/aromatic N) is 2. The van der Waals surface area contributed by atoms with E-state index in [-0.39, 0.29) is 58.0 Å². The molecule has 1 aromatic heterocycles. The summed E-state index contributed by atoms with van der Waals surface area (Å²) in [5.74, 6) is -23.7. The summed E-state index contributed by atoms with van der Waals surface area (Å²) in [7, 11) is 0. The predicted molar refractivity (Wildman–Crippen MR) is 386 cm³/mol. The first-order valence-corrected chi connectivity index (χ1v) is 37.6. The van der Waals surface area contributed by atoms with Crippen LogP contribution in [0.3, 0.4) is 0 Å². The molecule has 3 aliphatic rings. The molecular weight excluding hydrogens is 1420 g/mol. The molecule has 0 aliphatic carbocycles. The van der Waals surface area contributed by atoms with E-state index in [4.69, 9.17) is 5.73 Å². The highest BCUT2D eigenvalue weighted by molar-refractivity contribution is 7.17. The fourth-order valence-electron chi connectivity index (χ4n) is 12.9. The van der Waals surface area contributed by atoms with E-state index < -0.39 is 217 Å². The molecule has 0 saturated carbocycles. The van der Waals surface area contributed by atoms with Crippen molar-refractivity contribution >= 4 is 122 Å². The number of unbranched alkanes of at least 4 members (excludes halogenated alkanes) is 11. The second-order valence-electron chi connectivity index (χ2n) is 28.0. The summed E-state index contributed by atoms with van der Waals surface area (Å²) in [5, 5.41) is 68.6. The lowest BCUT2D eigenvalue weighted by molar-refractivity contribution is -0.150. The number of aliphatic carboxylic acids is 4. The van der Waals surface area contributed by atoms with Gasteiger partial charge < -0.3 is 94.4 Å². The fraction of sp³-hybridized carbons (Fsp3) is 0.648. The summed E-state index contributed by atoms with van der Waals surface area (Å²) in [6.45, 7) is 6.39. The van der Waals surface area contributed by atoms with Crippen molar-refractivity contribution < 1.29 is 102 Å². The quantitative estimate of drug-likeness (QED) is 0.0446. The third-order valence-corrected chi connectivity index (χ3v) is 20.0. The van der Waals surface area contributed by atoms with Gasteiger partial charge in [-0.15, -0.1) is 11.3 Å². The number of nitrogens with one attached hydrogen (secondary N) is 11. The number of hydrogen-bond acceptors (Lipinski definition) is 19. The zero-order valence-corrected chi connectivity index (χ0v) is 62.3. The Morgan fingerprint density at radius 1 is 0.561 bits per heavy atom. The number of thiophene rings is 1. The fourth-order valence-corrected chi connectivity index (χ4v) is 13.9. The largest absolute Gasteiger partial charge is 0.481 e. The first-order chi connectivity index (χ1) is 50.7. The maximum Gasteiger partial charge on any atom is 0.308 e. The lowest BCUT2D eigenvalue weighted by atomic mass is 9.96. The van der Waals surface area contributed by atoms with Gasteiger partial charge in [-0.05, 0) is 87.6 Å². The molecule has 3 aliphatic heterocycles. The number of carbonyl (C=O) groups is 17. The van der Waals surface area contributed by atoms with E-state index in [1.54, 1.807) is 25.3 Å². The Morgan fingerprint density at radius 3 is 1.65 bits per heavy atom. The van der Waals surface area contributed by atoms with Crippen molar-refractivity contribution in [1.29, 1.82) is 0 Å². The van der Waals surface area contributed by atoms with E-state index in [1.165, 1.54) is 57.3 Å². The molecule has 35 nitrogen and oxygen atoms in total. The van der Waals surface area contributed by atoms with Crippen LogP contribution in [0.4, 0.5) is 0 Å². The summed E-state index contributed by atoms with van der Waals surface area (Å²) >= 11 is 1.38. The molecule has 0 bridgehead atoms. The van der Waals surface area contributed by atoms with Crippen molar-refractivity contribution in [2.45, 2.75) is 255 Å². The summed E-state index contributed by atoms with van der Waals surface area (Å²) in [4.78, 5) is 237. The molecule has 0 radical (unpaired) electrons. The maximum absolute atomic E-state index is 15.6. The van der Waals surface area contributed by atoms with Crippen molar-refractivity contribution in [3.8, 4) is 0 Å². The minimum Gasteiger partial charge on any atom is -0.481 e. The van der Waals surface area contributed by atoms with Gasteiger partial charge in [0, 0.05) is 36.7 Å². The van der Waals surface area contributed by atoms with Gasteiger partial charge in [0.15, 0.2) is 0 Å². The van der Waals surface area contributed by atoms with Crippen LogP contribution in [-0.4, -0.2) is 230 Å². The van der Waals surface area contributed by atoms with Crippen molar-refractivity contribution in [2.24, 2.45) is 17.6 Å². The normalized spacial score (nSPS) is 23.5. The molecule has 4 heterocycles. The van der Waals surface area contributed by atoms with Gasteiger partial charge in [-0.1, -0.05) is 110 Å². The molecule has 17 N–H and O–H groups in total. The van der Waals surface area contributed by atoms with Crippen LogP contribution in [0.2, 0.25) is 0 Å². The zero-order valence-electron chi connectivity index (χ0n) is 61.5. The molecule has 107 heavy (non-hydrogen) atoms. The van der Waals surface area contributed by atoms with Crippen molar-refractivity contribution in [3.63, 3.8) is 0 Å². The Labute approximate surface area is 624 Å². The van der Waals surface area contributed by atoms with Crippen LogP contribution in [0, 0.1) is 11.8 Å². The molecule has 592 valence electrons. The third-order valence-electron chi connectivity index (χ3n) is 19.0. The number of hydrogen-bond donors (Lipinski definition) is 16. The molecule has 0 spiro atoms. The number of nitrogens with two attached hydrogens (primary N) is 1.